The van der Waals surface area contributed by atoms with Crippen molar-refractivity contribution in [3.8, 4) is 5.69 Å². The van der Waals surface area contributed by atoms with Gasteiger partial charge in [-0.3, -0.25) is 4.52 Å². The minimum atomic E-state index is -0.548. The number of hydrogen-bond acceptors (Lipinski definition) is 6. The second-order valence-electron chi connectivity index (χ2n) is 8.50. The lowest BCUT2D eigenvalue weighted by atomic mass is 9.96. The van der Waals surface area contributed by atoms with E-state index in [1.165, 1.54) is 21.1 Å². The Hall–Kier alpha value is -3.59. The van der Waals surface area contributed by atoms with Crippen molar-refractivity contribution in [1.82, 2.24) is 20.1 Å². The second-order valence-corrected chi connectivity index (χ2v) is 8.86. The maximum Gasteiger partial charge on any atom is 0.436 e. The normalized spacial score (nSPS) is 12.6. The average molecular weight is 463 g/mol. The van der Waals surface area contributed by atoms with Crippen LogP contribution in [0.2, 0.25) is 0 Å². The predicted molar refractivity (Wildman–Crippen MR) is 127 cm³/mol. The molecule has 0 amide bonds. The van der Waals surface area contributed by atoms with Crippen molar-refractivity contribution in [3.63, 3.8) is 0 Å². The van der Waals surface area contributed by atoms with Crippen LogP contribution in [0.5, 0.6) is 0 Å². The van der Waals surface area contributed by atoms with Gasteiger partial charge in [-0.2, -0.15) is 10.2 Å². The van der Waals surface area contributed by atoms with Crippen LogP contribution in [0.1, 0.15) is 54.9 Å². The summed E-state index contributed by atoms with van der Waals surface area (Å²) >= 11 is 5.34. The molecule has 1 N–H and O–H groups in total. The topological polar surface area (TPSA) is 93.0 Å². The lowest BCUT2D eigenvalue weighted by molar-refractivity contribution is -0.671. The van der Waals surface area contributed by atoms with Gasteiger partial charge in [0.05, 0.1) is 0 Å². The zero-order valence-corrected chi connectivity index (χ0v) is 19.8. The van der Waals surface area contributed by atoms with Crippen LogP contribution in [0.4, 0.5) is 0 Å². The molecule has 8 nitrogen and oxygen atoms in total. The Morgan fingerprint density at radius 3 is 2.48 bits per heavy atom. The molecule has 2 aromatic heterocycles. The molecule has 0 spiro atoms. The minimum Gasteiger partial charge on any atom is -0.738 e. The monoisotopic (exact) mass is 462 g/mol. The van der Waals surface area contributed by atoms with Crippen molar-refractivity contribution < 1.29 is 9.20 Å². The van der Waals surface area contributed by atoms with E-state index in [1.807, 2.05) is 38.1 Å². The van der Waals surface area contributed by atoms with E-state index in [1.54, 1.807) is 0 Å². The van der Waals surface area contributed by atoms with Gasteiger partial charge in [-0.1, -0.05) is 62.7 Å². The van der Waals surface area contributed by atoms with Crippen molar-refractivity contribution >= 4 is 18.8 Å². The molecule has 0 fully saturated rings. The number of aryl methyl sites for hydroxylation is 1. The number of nitrogens with one attached hydrogen (secondary N) is 1. The van der Waals surface area contributed by atoms with E-state index in [-0.39, 0.29) is 16.8 Å². The zero-order valence-electron chi connectivity index (χ0n) is 19.0. The van der Waals surface area contributed by atoms with Gasteiger partial charge < -0.3 is 12.6 Å². The molecule has 4 aromatic rings. The molecule has 0 aliphatic heterocycles. The summed E-state index contributed by atoms with van der Waals surface area (Å²) in [5.41, 5.74) is 3.90. The fraction of sp³-hybridized carbons (Fsp3) is 0.292. The summed E-state index contributed by atoms with van der Waals surface area (Å²) in [6.45, 7) is 8.43. The van der Waals surface area contributed by atoms with Gasteiger partial charge in [-0.15, -0.1) is 5.10 Å². The first-order valence-corrected chi connectivity index (χ1v) is 11.2. The van der Waals surface area contributed by atoms with Crippen molar-refractivity contribution in [3.05, 3.63) is 87.2 Å². The van der Waals surface area contributed by atoms with E-state index in [9.17, 15) is 4.79 Å². The lowest BCUT2D eigenvalue weighted by Crippen LogP contribution is -2.38. The highest BCUT2D eigenvalue weighted by Crippen LogP contribution is 2.24. The summed E-state index contributed by atoms with van der Waals surface area (Å²) in [6.07, 6.45) is 2.44. The molecule has 0 saturated carbocycles. The van der Waals surface area contributed by atoms with E-state index >= 15 is 0 Å². The number of aromatic amines is 1. The molecular formula is C24H26N6O2S. The molecule has 4 rings (SSSR count). The predicted octanol–water partition coefficient (Wildman–Crippen LogP) is 3.28. The fourth-order valence-corrected chi connectivity index (χ4v) is 3.79. The van der Waals surface area contributed by atoms with Gasteiger partial charge in [0, 0.05) is 23.2 Å². The third-order valence-electron chi connectivity index (χ3n) is 5.41. The first kappa shape index (κ1) is 22.6. The van der Waals surface area contributed by atoms with Gasteiger partial charge in [0.15, 0.2) is 5.82 Å². The van der Waals surface area contributed by atoms with E-state index in [0.717, 1.165) is 23.2 Å². The number of benzene rings is 2. The Morgan fingerprint density at radius 1 is 1.12 bits per heavy atom. The van der Waals surface area contributed by atoms with Gasteiger partial charge in [-0.25, -0.2) is 9.47 Å². The zero-order chi connectivity index (χ0) is 23.5. The molecular weight excluding hydrogens is 436 g/mol. The smallest absolute Gasteiger partial charge is 0.436 e. The Balaban J connectivity index is 1.64. The van der Waals surface area contributed by atoms with Crippen LogP contribution in [0, 0.1) is 12.8 Å². The van der Waals surface area contributed by atoms with Crippen molar-refractivity contribution in [2.24, 2.45) is 11.0 Å². The van der Waals surface area contributed by atoms with Crippen LogP contribution < -0.4 is 10.3 Å². The fourth-order valence-electron chi connectivity index (χ4n) is 3.61. The van der Waals surface area contributed by atoms with Crippen LogP contribution in [-0.2, 0) is 19.0 Å². The molecule has 0 aliphatic carbocycles. The Morgan fingerprint density at radius 2 is 1.82 bits per heavy atom. The van der Waals surface area contributed by atoms with Gasteiger partial charge in [-0.05, 0) is 40.3 Å². The van der Waals surface area contributed by atoms with Crippen LogP contribution in [-0.4, -0.2) is 26.4 Å². The molecule has 2 heterocycles. The molecule has 0 saturated heterocycles. The van der Waals surface area contributed by atoms with Gasteiger partial charge >= 0.3 is 11.3 Å². The summed E-state index contributed by atoms with van der Waals surface area (Å²) in [5, 5.41) is 15.5. The number of H-pyrrole nitrogens is 1. The highest BCUT2D eigenvalue weighted by atomic mass is 32.1. The van der Waals surface area contributed by atoms with Crippen LogP contribution >= 0.6 is 0 Å². The van der Waals surface area contributed by atoms with E-state index in [4.69, 9.17) is 17.2 Å². The summed E-state index contributed by atoms with van der Waals surface area (Å²) < 4.78 is 7.99. The summed E-state index contributed by atoms with van der Waals surface area (Å²) in [7, 11) is 0. The second kappa shape index (κ2) is 9.50. The van der Waals surface area contributed by atoms with Crippen LogP contribution in [0.15, 0.2) is 68.1 Å². The minimum absolute atomic E-state index is 0.0914. The van der Waals surface area contributed by atoms with Gasteiger partial charge in [0.25, 0.3) is 0 Å². The summed E-state index contributed by atoms with van der Waals surface area (Å²) in [6, 6.07) is 16.1. The first-order chi connectivity index (χ1) is 15.8. The van der Waals surface area contributed by atoms with Crippen LogP contribution in [0.3, 0.4) is 0 Å². The van der Waals surface area contributed by atoms with Gasteiger partial charge in [0.2, 0.25) is 5.69 Å². The first-order valence-electron chi connectivity index (χ1n) is 10.8. The number of nitrogens with zero attached hydrogens (tertiary/aromatic N) is 5. The number of rotatable bonds is 7. The molecule has 2 aromatic carbocycles. The highest BCUT2D eigenvalue weighted by molar-refractivity contribution is 7.58. The molecule has 0 radical (unpaired) electrons. The summed E-state index contributed by atoms with van der Waals surface area (Å²) in [4.78, 5) is 12.3. The lowest BCUT2D eigenvalue weighted by Gasteiger charge is -2.14. The van der Waals surface area contributed by atoms with Crippen molar-refractivity contribution in [2.75, 3.05) is 0 Å². The van der Waals surface area contributed by atoms with Crippen molar-refractivity contribution in [1.29, 1.82) is 0 Å². The van der Waals surface area contributed by atoms with E-state index in [0.29, 0.717) is 11.7 Å². The average Bonchev–Trinajstić information content (AvgIpc) is 3.34. The Bertz CT molecular complexity index is 1320. The number of hydrogen-bond donors (Lipinski definition) is 1. The SMILES string of the molecule is Cc1ccc(-[n+]2[nH]oc(=O)c2/C=N/n2c([S-])nnc2C(C)c2ccc(CC(C)C)cc2)cc1. The molecule has 170 valence electrons. The highest BCUT2D eigenvalue weighted by Gasteiger charge is 2.22. The molecule has 0 bridgehead atoms. The van der Waals surface area contributed by atoms with E-state index in [2.05, 4.69) is 58.7 Å². The molecule has 0 aliphatic rings. The summed E-state index contributed by atoms with van der Waals surface area (Å²) in [5.74, 6) is 1.10. The quantitative estimate of drug-likeness (QED) is 0.258. The van der Waals surface area contributed by atoms with Crippen LogP contribution in [0.25, 0.3) is 5.69 Å². The van der Waals surface area contributed by atoms with Gasteiger partial charge in [0.1, 0.15) is 6.21 Å². The Kier molecular flexibility index (Phi) is 6.50. The largest absolute Gasteiger partial charge is 0.738 e. The molecule has 1 atom stereocenters. The standard InChI is InChI=1S/C24H26N6O2S/c1-15(2)13-18-7-9-19(10-8-18)17(4)22-26-27-24(33)30(22)25-14-21-23(31)32-28-29(21)20-11-5-16(3)6-12-20/h5-12,14-15,17H,13H2,1-4H3,(H-,25,27,28,31,33). The molecule has 1 unspecified atom stereocenters. The maximum absolute atomic E-state index is 12.3. The Labute approximate surface area is 197 Å². The third kappa shape index (κ3) is 4.93. The molecule has 9 heteroatoms. The molecule has 33 heavy (non-hydrogen) atoms. The maximum atomic E-state index is 12.3. The van der Waals surface area contributed by atoms with E-state index < -0.39 is 5.63 Å². The third-order valence-corrected chi connectivity index (χ3v) is 5.67. The number of aromatic nitrogens is 5. The van der Waals surface area contributed by atoms with Crippen molar-refractivity contribution in [2.45, 2.75) is 45.2 Å².